The second-order valence-electron chi connectivity index (χ2n) is 8.94. The molecular weight excluding hydrogens is 418 g/mol. The van der Waals surface area contributed by atoms with E-state index in [1.807, 2.05) is 93.6 Å². The minimum absolute atomic E-state index is 0.300. The third kappa shape index (κ3) is 5.65. The fraction of sp³-hybridized carbons (Fsp3) is 0.296. The van der Waals surface area contributed by atoms with Gasteiger partial charge in [0.15, 0.2) is 17.6 Å². The van der Waals surface area contributed by atoms with E-state index < -0.39 is 17.7 Å². The van der Waals surface area contributed by atoms with E-state index in [2.05, 4.69) is 4.90 Å². The van der Waals surface area contributed by atoms with Gasteiger partial charge in [0.2, 0.25) is 0 Å². The minimum Gasteiger partial charge on any atom is -0.492 e. The standard InChI is InChI=1S/C27H29NO5/c1-27(2,3)33-25(26(29)30)18-19-12-14-20(15-13-19)31-17-16-28-21-8-4-6-10-23(21)32-24-11-7-5-9-22(24)28/h4-15,25H,16-18H2,1-3H3,(H,29,30)/t25-/m0/s1. The molecule has 3 aromatic rings. The van der Waals surface area contributed by atoms with Crippen LogP contribution >= 0.6 is 0 Å². The average Bonchev–Trinajstić information content (AvgIpc) is 2.78. The highest BCUT2D eigenvalue weighted by Crippen LogP contribution is 2.45. The van der Waals surface area contributed by atoms with Gasteiger partial charge in [-0.25, -0.2) is 4.79 Å². The Morgan fingerprint density at radius 1 is 0.939 bits per heavy atom. The highest BCUT2D eigenvalue weighted by atomic mass is 16.5. The first-order valence-electron chi connectivity index (χ1n) is 11.1. The summed E-state index contributed by atoms with van der Waals surface area (Å²) < 4.78 is 17.7. The van der Waals surface area contributed by atoms with Crippen molar-refractivity contribution in [3.8, 4) is 17.2 Å². The summed E-state index contributed by atoms with van der Waals surface area (Å²) in [7, 11) is 0. The molecule has 0 spiro atoms. The maximum atomic E-state index is 11.6. The van der Waals surface area contributed by atoms with Crippen molar-refractivity contribution in [1.82, 2.24) is 0 Å². The second kappa shape index (κ2) is 9.55. The van der Waals surface area contributed by atoms with Crippen LogP contribution in [-0.4, -0.2) is 35.9 Å². The van der Waals surface area contributed by atoms with E-state index in [4.69, 9.17) is 14.2 Å². The zero-order valence-corrected chi connectivity index (χ0v) is 19.2. The van der Waals surface area contributed by atoms with Crippen LogP contribution in [0.15, 0.2) is 72.8 Å². The Hall–Kier alpha value is -3.51. The molecule has 0 saturated carbocycles. The van der Waals surface area contributed by atoms with E-state index in [9.17, 15) is 9.90 Å². The normalized spacial score (nSPS) is 13.5. The number of ether oxygens (including phenoxy) is 3. The van der Waals surface area contributed by atoms with E-state index in [-0.39, 0.29) is 0 Å². The van der Waals surface area contributed by atoms with Crippen LogP contribution in [0.1, 0.15) is 26.3 Å². The number of fused-ring (bicyclic) bond motifs is 2. The van der Waals surface area contributed by atoms with Crippen molar-refractivity contribution >= 4 is 17.3 Å². The molecule has 6 heteroatoms. The fourth-order valence-electron chi connectivity index (χ4n) is 3.82. The van der Waals surface area contributed by atoms with Gasteiger partial charge in [-0.3, -0.25) is 0 Å². The molecule has 0 aliphatic carbocycles. The maximum absolute atomic E-state index is 11.6. The molecule has 6 nitrogen and oxygen atoms in total. The summed E-state index contributed by atoms with van der Waals surface area (Å²) in [5.74, 6) is 1.42. The number of anilines is 2. The molecule has 0 unspecified atom stereocenters. The summed E-state index contributed by atoms with van der Waals surface area (Å²) in [6, 6.07) is 23.4. The topological polar surface area (TPSA) is 68.2 Å². The number of hydrogen-bond donors (Lipinski definition) is 1. The van der Waals surface area contributed by atoms with Gasteiger partial charge in [-0.15, -0.1) is 0 Å². The molecule has 0 bridgehead atoms. The predicted molar refractivity (Wildman–Crippen MR) is 128 cm³/mol. The third-order valence-corrected chi connectivity index (χ3v) is 5.23. The van der Waals surface area contributed by atoms with Crippen molar-refractivity contribution < 1.29 is 24.1 Å². The van der Waals surface area contributed by atoms with Crippen LogP contribution in [0.4, 0.5) is 11.4 Å². The summed E-state index contributed by atoms with van der Waals surface area (Å²) in [4.78, 5) is 13.8. The number of para-hydroxylation sites is 4. The monoisotopic (exact) mass is 447 g/mol. The smallest absolute Gasteiger partial charge is 0.333 e. The van der Waals surface area contributed by atoms with Crippen molar-refractivity contribution in [2.75, 3.05) is 18.1 Å². The van der Waals surface area contributed by atoms with E-state index in [1.54, 1.807) is 0 Å². The zero-order chi connectivity index (χ0) is 23.4. The molecule has 1 aliphatic heterocycles. The summed E-state index contributed by atoms with van der Waals surface area (Å²) in [5.41, 5.74) is 2.38. The Labute approximate surface area is 194 Å². The lowest BCUT2D eigenvalue weighted by Gasteiger charge is -2.32. The fourth-order valence-corrected chi connectivity index (χ4v) is 3.82. The van der Waals surface area contributed by atoms with E-state index in [0.717, 1.165) is 34.2 Å². The summed E-state index contributed by atoms with van der Waals surface area (Å²) in [5, 5.41) is 9.47. The van der Waals surface area contributed by atoms with Crippen molar-refractivity contribution in [1.29, 1.82) is 0 Å². The second-order valence-corrected chi connectivity index (χ2v) is 8.94. The lowest BCUT2D eigenvalue weighted by molar-refractivity contribution is -0.159. The maximum Gasteiger partial charge on any atom is 0.333 e. The van der Waals surface area contributed by atoms with Crippen LogP contribution in [-0.2, 0) is 16.0 Å². The Bertz CT molecular complexity index is 1060. The molecule has 33 heavy (non-hydrogen) atoms. The molecule has 0 radical (unpaired) electrons. The molecule has 4 rings (SSSR count). The van der Waals surface area contributed by atoms with Gasteiger partial charge >= 0.3 is 5.97 Å². The third-order valence-electron chi connectivity index (χ3n) is 5.23. The molecule has 172 valence electrons. The number of carbonyl (C=O) groups is 1. The highest BCUT2D eigenvalue weighted by molar-refractivity contribution is 5.77. The van der Waals surface area contributed by atoms with E-state index in [1.165, 1.54) is 0 Å². The van der Waals surface area contributed by atoms with Crippen LogP contribution in [0.5, 0.6) is 17.2 Å². The zero-order valence-electron chi connectivity index (χ0n) is 19.2. The lowest BCUT2D eigenvalue weighted by Crippen LogP contribution is -2.34. The Kier molecular flexibility index (Phi) is 6.56. The molecule has 3 aromatic carbocycles. The van der Waals surface area contributed by atoms with Gasteiger partial charge in [0.25, 0.3) is 0 Å². The molecule has 0 saturated heterocycles. The van der Waals surface area contributed by atoms with Gasteiger partial charge in [-0.2, -0.15) is 0 Å². The first-order chi connectivity index (χ1) is 15.8. The molecule has 0 amide bonds. The van der Waals surface area contributed by atoms with Crippen molar-refractivity contribution in [3.05, 3.63) is 78.4 Å². The minimum atomic E-state index is -0.962. The van der Waals surface area contributed by atoms with Crippen molar-refractivity contribution in [2.45, 2.75) is 38.9 Å². The SMILES string of the molecule is CC(C)(C)O[C@@H](Cc1ccc(OCCN2c3ccccc3Oc3ccccc32)cc1)C(=O)O. The van der Waals surface area contributed by atoms with Gasteiger partial charge in [0.1, 0.15) is 12.4 Å². The molecule has 0 aromatic heterocycles. The Morgan fingerprint density at radius 2 is 1.52 bits per heavy atom. The first kappa shape index (κ1) is 22.7. The average molecular weight is 448 g/mol. The number of nitrogens with zero attached hydrogens (tertiary/aromatic N) is 1. The van der Waals surface area contributed by atoms with Crippen molar-refractivity contribution in [3.63, 3.8) is 0 Å². The molecule has 1 aliphatic rings. The summed E-state index contributed by atoms with van der Waals surface area (Å²) >= 11 is 0. The predicted octanol–water partition coefficient (Wildman–Crippen LogP) is 5.82. The van der Waals surface area contributed by atoms with Gasteiger partial charge in [0.05, 0.1) is 23.5 Å². The number of aliphatic carboxylic acids is 1. The van der Waals surface area contributed by atoms with Crippen LogP contribution in [0.3, 0.4) is 0 Å². The Balaban J connectivity index is 1.39. The number of rotatable bonds is 8. The quantitative estimate of drug-likeness (QED) is 0.469. The van der Waals surface area contributed by atoms with Crippen LogP contribution < -0.4 is 14.4 Å². The molecule has 1 heterocycles. The largest absolute Gasteiger partial charge is 0.492 e. The summed E-state index contributed by atoms with van der Waals surface area (Å²) in [6.07, 6.45) is -0.591. The number of hydrogen-bond acceptors (Lipinski definition) is 5. The highest BCUT2D eigenvalue weighted by Gasteiger charge is 2.25. The van der Waals surface area contributed by atoms with Crippen LogP contribution in [0.2, 0.25) is 0 Å². The van der Waals surface area contributed by atoms with E-state index >= 15 is 0 Å². The molecule has 1 N–H and O–H groups in total. The van der Waals surface area contributed by atoms with Crippen LogP contribution in [0, 0.1) is 0 Å². The number of benzene rings is 3. The Morgan fingerprint density at radius 3 is 2.06 bits per heavy atom. The lowest BCUT2D eigenvalue weighted by atomic mass is 10.1. The molecule has 0 fully saturated rings. The van der Waals surface area contributed by atoms with Gasteiger partial charge < -0.3 is 24.2 Å². The van der Waals surface area contributed by atoms with Crippen molar-refractivity contribution in [2.24, 2.45) is 0 Å². The number of carboxylic acid groups (broad SMARTS) is 1. The number of carboxylic acids is 1. The van der Waals surface area contributed by atoms with E-state index in [0.29, 0.717) is 19.6 Å². The van der Waals surface area contributed by atoms with Gasteiger partial charge in [-0.1, -0.05) is 36.4 Å². The van der Waals surface area contributed by atoms with Crippen LogP contribution in [0.25, 0.3) is 0 Å². The van der Waals surface area contributed by atoms with Gasteiger partial charge in [-0.05, 0) is 62.7 Å². The van der Waals surface area contributed by atoms with Gasteiger partial charge in [0, 0.05) is 6.42 Å². The molecule has 1 atom stereocenters. The molecular formula is C27H29NO5. The first-order valence-corrected chi connectivity index (χ1v) is 11.1. The summed E-state index contributed by atoms with van der Waals surface area (Å²) in [6.45, 7) is 6.69.